The third-order valence-corrected chi connectivity index (χ3v) is 2.72. The fraction of sp³-hybridized carbons (Fsp3) is 0.294. The quantitative estimate of drug-likeness (QED) is 0.791. The third kappa shape index (κ3) is 4.32. The van der Waals surface area contributed by atoms with Crippen molar-refractivity contribution in [1.29, 1.82) is 0 Å². The maximum atomic E-state index is 5.73. The fourth-order valence-electron chi connectivity index (χ4n) is 1.74. The third-order valence-electron chi connectivity index (χ3n) is 2.72. The van der Waals surface area contributed by atoms with Gasteiger partial charge in [-0.1, -0.05) is 29.8 Å². The van der Waals surface area contributed by atoms with E-state index in [1.54, 1.807) is 0 Å². The van der Waals surface area contributed by atoms with Gasteiger partial charge in [0.1, 0.15) is 18.1 Å². The summed E-state index contributed by atoms with van der Waals surface area (Å²) in [7, 11) is 0. The molecule has 0 aliphatic carbocycles. The molecule has 0 bridgehead atoms. The van der Waals surface area contributed by atoms with Gasteiger partial charge in [0.15, 0.2) is 0 Å². The Hall–Kier alpha value is -1.96. The Morgan fingerprint density at radius 2 is 1.42 bits per heavy atom. The van der Waals surface area contributed by atoms with Gasteiger partial charge in [0.2, 0.25) is 0 Å². The molecule has 0 saturated carbocycles. The lowest BCUT2D eigenvalue weighted by molar-refractivity contribution is 0.242. The van der Waals surface area contributed by atoms with Crippen LogP contribution in [0.15, 0.2) is 48.5 Å². The van der Waals surface area contributed by atoms with E-state index in [0.29, 0.717) is 6.61 Å². The molecule has 0 aromatic heterocycles. The summed E-state index contributed by atoms with van der Waals surface area (Å²) in [6.45, 7) is 6.69. The second kappa shape index (κ2) is 6.28. The molecule has 0 aliphatic heterocycles. The maximum absolute atomic E-state index is 5.73. The van der Waals surface area contributed by atoms with Gasteiger partial charge in [-0.25, -0.2) is 0 Å². The molecule has 0 unspecified atom stereocenters. The van der Waals surface area contributed by atoms with E-state index in [1.807, 2.05) is 50.2 Å². The van der Waals surface area contributed by atoms with Gasteiger partial charge in [-0.05, 0) is 50.6 Å². The predicted molar refractivity (Wildman–Crippen MR) is 77.7 cm³/mol. The highest BCUT2D eigenvalue weighted by atomic mass is 16.5. The van der Waals surface area contributed by atoms with E-state index in [1.165, 1.54) is 5.56 Å². The fourth-order valence-corrected chi connectivity index (χ4v) is 1.74. The Bertz CT molecular complexity index is 498. The molecule has 2 nitrogen and oxygen atoms in total. The van der Waals surface area contributed by atoms with Crippen LogP contribution in [-0.2, 0) is 6.61 Å². The average molecular weight is 256 g/mol. The highest BCUT2D eigenvalue weighted by Gasteiger charge is 1.99. The Balaban J connectivity index is 1.91. The molecule has 0 saturated heterocycles. The summed E-state index contributed by atoms with van der Waals surface area (Å²) in [6.07, 6.45) is 0.203. The van der Waals surface area contributed by atoms with E-state index in [9.17, 15) is 0 Å². The topological polar surface area (TPSA) is 18.5 Å². The van der Waals surface area contributed by atoms with Crippen LogP contribution in [0.2, 0.25) is 0 Å². The van der Waals surface area contributed by atoms with E-state index < -0.39 is 0 Å². The number of rotatable bonds is 5. The first kappa shape index (κ1) is 13.5. The zero-order valence-corrected chi connectivity index (χ0v) is 11.7. The van der Waals surface area contributed by atoms with E-state index in [4.69, 9.17) is 9.47 Å². The zero-order chi connectivity index (χ0) is 13.7. The molecule has 0 aliphatic rings. The van der Waals surface area contributed by atoms with E-state index in [0.717, 1.165) is 17.1 Å². The van der Waals surface area contributed by atoms with Crippen molar-refractivity contribution in [3.63, 3.8) is 0 Å². The van der Waals surface area contributed by atoms with Crippen molar-refractivity contribution >= 4 is 0 Å². The molecule has 0 amide bonds. The summed E-state index contributed by atoms with van der Waals surface area (Å²) in [4.78, 5) is 0. The van der Waals surface area contributed by atoms with E-state index in [-0.39, 0.29) is 6.10 Å². The SMILES string of the molecule is Cc1ccc(OCc2ccc(OC(C)C)cc2)cc1. The minimum absolute atomic E-state index is 0.203. The zero-order valence-electron chi connectivity index (χ0n) is 11.7. The first-order chi connectivity index (χ1) is 9.13. The number of hydrogen-bond donors (Lipinski definition) is 0. The molecule has 2 heteroatoms. The van der Waals surface area contributed by atoms with E-state index in [2.05, 4.69) is 19.1 Å². The van der Waals surface area contributed by atoms with Crippen LogP contribution in [0, 0.1) is 6.92 Å². The molecule has 100 valence electrons. The van der Waals surface area contributed by atoms with Crippen molar-refractivity contribution in [2.75, 3.05) is 0 Å². The predicted octanol–water partition coefficient (Wildman–Crippen LogP) is 4.36. The number of hydrogen-bond acceptors (Lipinski definition) is 2. The lowest BCUT2D eigenvalue weighted by Crippen LogP contribution is -2.05. The van der Waals surface area contributed by atoms with Crippen LogP contribution in [0.5, 0.6) is 11.5 Å². The number of ether oxygens (including phenoxy) is 2. The summed E-state index contributed by atoms with van der Waals surface area (Å²) in [5.74, 6) is 1.79. The van der Waals surface area contributed by atoms with Gasteiger partial charge in [0, 0.05) is 0 Å². The molecule has 0 fully saturated rings. The van der Waals surface area contributed by atoms with Gasteiger partial charge in [0.25, 0.3) is 0 Å². The summed E-state index contributed by atoms with van der Waals surface area (Å²) in [6, 6.07) is 16.1. The molecule has 19 heavy (non-hydrogen) atoms. The van der Waals surface area contributed by atoms with E-state index >= 15 is 0 Å². The Morgan fingerprint density at radius 1 is 0.842 bits per heavy atom. The van der Waals surface area contributed by atoms with Crippen molar-refractivity contribution in [3.8, 4) is 11.5 Å². The Morgan fingerprint density at radius 3 is 2.00 bits per heavy atom. The van der Waals surface area contributed by atoms with Gasteiger partial charge < -0.3 is 9.47 Å². The smallest absolute Gasteiger partial charge is 0.119 e. The normalized spacial score (nSPS) is 10.5. The number of aryl methyl sites for hydroxylation is 1. The molecule has 0 spiro atoms. The highest BCUT2D eigenvalue weighted by molar-refractivity contribution is 5.29. The molecular weight excluding hydrogens is 236 g/mol. The average Bonchev–Trinajstić information content (AvgIpc) is 2.39. The minimum atomic E-state index is 0.203. The molecule has 0 atom stereocenters. The van der Waals surface area contributed by atoms with Crippen molar-refractivity contribution in [1.82, 2.24) is 0 Å². The molecule has 0 heterocycles. The van der Waals surface area contributed by atoms with Crippen LogP contribution in [0.1, 0.15) is 25.0 Å². The van der Waals surface area contributed by atoms with Gasteiger partial charge in [-0.3, -0.25) is 0 Å². The van der Waals surface area contributed by atoms with Crippen LogP contribution in [0.25, 0.3) is 0 Å². The first-order valence-corrected chi connectivity index (χ1v) is 6.58. The lowest BCUT2D eigenvalue weighted by atomic mass is 10.2. The number of benzene rings is 2. The van der Waals surface area contributed by atoms with Gasteiger partial charge in [0.05, 0.1) is 6.10 Å². The Labute approximate surface area is 115 Å². The van der Waals surface area contributed by atoms with Crippen LogP contribution in [-0.4, -0.2) is 6.10 Å². The molecular formula is C17H20O2. The van der Waals surface area contributed by atoms with Crippen molar-refractivity contribution < 1.29 is 9.47 Å². The molecule has 0 N–H and O–H groups in total. The van der Waals surface area contributed by atoms with Crippen LogP contribution >= 0.6 is 0 Å². The minimum Gasteiger partial charge on any atom is -0.491 e. The van der Waals surface area contributed by atoms with Crippen molar-refractivity contribution in [3.05, 3.63) is 59.7 Å². The molecule has 0 radical (unpaired) electrons. The first-order valence-electron chi connectivity index (χ1n) is 6.58. The lowest BCUT2D eigenvalue weighted by Gasteiger charge is -2.10. The van der Waals surface area contributed by atoms with Crippen LogP contribution in [0.3, 0.4) is 0 Å². The largest absolute Gasteiger partial charge is 0.491 e. The van der Waals surface area contributed by atoms with Crippen LogP contribution < -0.4 is 9.47 Å². The van der Waals surface area contributed by atoms with Crippen molar-refractivity contribution in [2.24, 2.45) is 0 Å². The monoisotopic (exact) mass is 256 g/mol. The van der Waals surface area contributed by atoms with Gasteiger partial charge in [-0.15, -0.1) is 0 Å². The highest BCUT2D eigenvalue weighted by Crippen LogP contribution is 2.17. The maximum Gasteiger partial charge on any atom is 0.119 e. The van der Waals surface area contributed by atoms with Crippen LogP contribution in [0.4, 0.5) is 0 Å². The summed E-state index contributed by atoms with van der Waals surface area (Å²) in [5.41, 5.74) is 2.37. The van der Waals surface area contributed by atoms with Gasteiger partial charge >= 0.3 is 0 Å². The van der Waals surface area contributed by atoms with Crippen molar-refractivity contribution in [2.45, 2.75) is 33.5 Å². The Kier molecular flexibility index (Phi) is 4.45. The second-order valence-electron chi connectivity index (χ2n) is 4.91. The molecule has 2 rings (SSSR count). The summed E-state index contributed by atoms with van der Waals surface area (Å²) in [5, 5.41) is 0. The summed E-state index contributed by atoms with van der Waals surface area (Å²) < 4.78 is 11.3. The standard InChI is InChI=1S/C17H20O2/c1-13(2)19-17-10-6-15(7-11-17)12-18-16-8-4-14(3)5-9-16/h4-11,13H,12H2,1-3H3. The van der Waals surface area contributed by atoms with Gasteiger partial charge in [-0.2, -0.15) is 0 Å². The molecule has 2 aromatic rings. The second-order valence-corrected chi connectivity index (χ2v) is 4.91. The molecule has 2 aromatic carbocycles. The summed E-state index contributed by atoms with van der Waals surface area (Å²) >= 11 is 0.